The molecule has 2 aromatic heterocycles. The maximum atomic E-state index is 15.8. The summed E-state index contributed by atoms with van der Waals surface area (Å²) in [6.07, 6.45) is 5.06. The van der Waals surface area contributed by atoms with Crippen molar-refractivity contribution in [1.82, 2.24) is 19.9 Å². The van der Waals surface area contributed by atoms with Crippen molar-refractivity contribution in [3.05, 3.63) is 46.0 Å². The van der Waals surface area contributed by atoms with Crippen molar-refractivity contribution < 1.29 is 33.3 Å². The van der Waals surface area contributed by atoms with Crippen LogP contribution in [0.5, 0.6) is 5.75 Å². The Kier molecular flexibility index (Phi) is 8.30. The highest BCUT2D eigenvalue weighted by molar-refractivity contribution is 5.94. The number of amides is 1. The monoisotopic (exact) mass is 662 g/mol. The van der Waals surface area contributed by atoms with E-state index in [1.165, 1.54) is 10.6 Å². The minimum atomic E-state index is -1.19. The van der Waals surface area contributed by atoms with Crippen LogP contribution in [0.25, 0.3) is 16.9 Å². The van der Waals surface area contributed by atoms with Gasteiger partial charge < -0.3 is 24.6 Å². The Labute approximate surface area is 280 Å². The molecule has 4 fully saturated rings. The molecule has 3 aromatic rings. The van der Waals surface area contributed by atoms with Crippen LogP contribution in [0.15, 0.2) is 12.1 Å². The Balaban J connectivity index is 1.33. The molecule has 5 aliphatic rings. The molecule has 6 atom stereocenters. The molecule has 1 aromatic carbocycles. The second kappa shape index (κ2) is 12.1. The zero-order valence-electron chi connectivity index (χ0n) is 28.8. The van der Waals surface area contributed by atoms with Crippen molar-refractivity contribution in [2.75, 3.05) is 19.8 Å². The molecule has 11 heteroatoms. The van der Waals surface area contributed by atoms with Gasteiger partial charge in [0.1, 0.15) is 0 Å². The van der Waals surface area contributed by atoms with Gasteiger partial charge in [-0.15, -0.1) is 0 Å². The fourth-order valence-corrected chi connectivity index (χ4v) is 9.26. The van der Waals surface area contributed by atoms with Crippen LogP contribution >= 0.6 is 0 Å². The number of aromatic nitrogens is 3. The molecule has 4 saturated carbocycles. The summed E-state index contributed by atoms with van der Waals surface area (Å²) in [6.45, 7) is 12.1. The van der Waals surface area contributed by atoms with Crippen LogP contribution in [0.1, 0.15) is 105 Å². The molecule has 48 heavy (non-hydrogen) atoms. The molecular weight excluding hydrogens is 615 g/mol. The van der Waals surface area contributed by atoms with E-state index in [2.05, 4.69) is 5.32 Å². The molecule has 3 heterocycles. The minimum absolute atomic E-state index is 0.00525. The number of esters is 1. The number of hydrogen-bond donors (Lipinski definition) is 2. The number of nitrogens with zero attached hydrogens (tertiary/aromatic N) is 3. The highest BCUT2D eigenvalue weighted by Gasteiger charge is 2.55. The van der Waals surface area contributed by atoms with Gasteiger partial charge in [-0.05, 0) is 121 Å². The molecule has 2 N–H and O–H groups in total. The lowest BCUT2D eigenvalue weighted by Gasteiger charge is -2.58. The number of carbonyl (C=O) groups is 2. The molecular formula is C37H47FN4O6. The number of fused-ring (bicyclic) bond motifs is 2. The molecule has 8 rings (SSSR count). The van der Waals surface area contributed by atoms with Crippen LogP contribution < -0.4 is 10.1 Å². The van der Waals surface area contributed by atoms with Crippen LogP contribution in [0, 0.1) is 42.8 Å². The molecule has 1 aliphatic heterocycles. The minimum Gasteiger partial charge on any atom is -0.490 e. The number of aliphatic hydroxyl groups excluding tert-OH is 1. The number of halogens is 1. The van der Waals surface area contributed by atoms with E-state index in [0.29, 0.717) is 65.5 Å². The van der Waals surface area contributed by atoms with Gasteiger partial charge in [-0.2, -0.15) is 5.10 Å². The maximum absolute atomic E-state index is 15.8. The number of aliphatic hydroxyl groups is 1. The van der Waals surface area contributed by atoms with Crippen molar-refractivity contribution in [2.45, 2.75) is 104 Å². The summed E-state index contributed by atoms with van der Waals surface area (Å²) in [5.41, 5.74) is 3.18. The summed E-state index contributed by atoms with van der Waals surface area (Å²) in [5.74, 6) is 0.0552. The van der Waals surface area contributed by atoms with Crippen LogP contribution in [0.3, 0.4) is 0 Å². The number of ether oxygens (including phenoxy) is 3. The Morgan fingerprint density at radius 1 is 1.19 bits per heavy atom. The zero-order valence-corrected chi connectivity index (χ0v) is 28.8. The molecule has 258 valence electrons. The summed E-state index contributed by atoms with van der Waals surface area (Å²) in [6, 6.07) is 3.05. The second-order valence-electron chi connectivity index (χ2n) is 15.6. The molecule has 0 spiro atoms. The lowest BCUT2D eigenvalue weighted by molar-refractivity contribution is -0.166. The summed E-state index contributed by atoms with van der Waals surface area (Å²) < 4.78 is 34.9. The van der Waals surface area contributed by atoms with Crippen LogP contribution in [-0.2, 0) is 20.7 Å². The first kappa shape index (κ1) is 33.0. The first-order chi connectivity index (χ1) is 22.8. The lowest BCUT2D eigenvalue weighted by Crippen LogP contribution is -2.56. The Hall–Kier alpha value is -3.57. The van der Waals surface area contributed by atoms with Crippen LogP contribution in [0.4, 0.5) is 4.39 Å². The van der Waals surface area contributed by atoms with Crippen LogP contribution in [-0.4, -0.2) is 63.0 Å². The molecule has 1 amide bonds. The number of aryl methyl sites for hydroxylation is 1. The summed E-state index contributed by atoms with van der Waals surface area (Å²) in [5, 5.41) is 18.7. The maximum Gasteiger partial charge on any atom is 0.340 e. The van der Waals surface area contributed by atoms with Gasteiger partial charge in [-0.1, -0.05) is 0 Å². The highest BCUT2D eigenvalue weighted by Crippen LogP contribution is 2.59. The second-order valence-corrected chi connectivity index (χ2v) is 15.6. The number of carbonyl (C=O) groups excluding carboxylic acids is 2. The van der Waals surface area contributed by atoms with E-state index in [4.69, 9.17) is 24.3 Å². The number of rotatable bonds is 8. The zero-order chi connectivity index (χ0) is 34.1. The average molecular weight is 663 g/mol. The number of nitrogens with one attached hydrogen (secondary N) is 1. The molecule has 0 saturated heterocycles. The lowest BCUT2D eigenvalue weighted by atomic mass is 9.48. The Morgan fingerprint density at radius 2 is 1.92 bits per heavy atom. The molecule has 10 nitrogen and oxygen atoms in total. The van der Waals surface area contributed by atoms with E-state index in [1.54, 1.807) is 19.9 Å². The van der Waals surface area contributed by atoms with Gasteiger partial charge in [0.25, 0.3) is 5.91 Å². The van der Waals surface area contributed by atoms with E-state index in [1.807, 2.05) is 27.7 Å². The summed E-state index contributed by atoms with van der Waals surface area (Å²) in [4.78, 5) is 32.2. The van der Waals surface area contributed by atoms with Crippen molar-refractivity contribution >= 4 is 17.5 Å². The van der Waals surface area contributed by atoms with Crippen molar-refractivity contribution in [1.29, 1.82) is 0 Å². The number of hydrogen-bond acceptors (Lipinski definition) is 8. The number of benzene rings is 1. The molecule has 4 bridgehead atoms. The third kappa shape index (κ3) is 5.76. The van der Waals surface area contributed by atoms with E-state index in [0.717, 1.165) is 49.7 Å². The van der Waals surface area contributed by atoms with E-state index in [9.17, 15) is 14.7 Å². The van der Waals surface area contributed by atoms with Crippen molar-refractivity contribution in [3.63, 3.8) is 0 Å². The quantitative estimate of drug-likeness (QED) is 0.290. The van der Waals surface area contributed by atoms with Gasteiger partial charge in [0.05, 0.1) is 30.6 Å². The van der Waals surface area contributed by atoms with Gasteiger partial charge in [0, 0.05) is 35.0 Å². The van der Waals surface area contributed by atoms with Crippen LogP contribution in [0.2, 0.25) is 0 Å². The normalized spacial score (nSPS) is 26.7. The third-order valence-electron chi connectivity index (χ3n) is 11.0. The average Bonchev–Trinajstić information content (AvgIpc) is 3.46. The smallest absolute Gasteiger partial charge is 0.340 e. The highest BCUT2D eigenvalue weighted by atomic mass is 19.1. The largest absolute Gasteiger partial charge is 0.490 e. The fourth-order valence-electron chi connectivity index (χ4n) is 9.26. The first-order valence-electron chi connectivity index (χ1n) is 17.4. The Bertz CT molecular complexity index is 1760. The van der Waals surface area contributed by atoms with E-state index >= 15 is 4.39 Å². The molecule has 0 radical (unpaired) electrons. The van der Waals surface area contributed by atoms with Gasteiger partial charge in [-0.3, -0.25) is 4.79 Å². The summed E-state index contributed by atoms with van der Waals surface area (Å²) >= 11 is 0. The predicted octanol–water partition coefficient (Wildman–Crippen LogP) is 5.81. The van der Waals surface area contributed by atoms with Crippen molar-refractivity contribution in [3.8, 4) is 17.0 Å². The molecule has 4 aliphatic carbocycles. The molecule has 3 unspecified atom stereocenters. The van der Waals surface area contributed by atoms with Gasteiger partial charge in [0.15, 0.2) is 29.0 Å². The summed E-state index contributed by atoms with van der Waals surface area (Å²) in [7, 11) is 0. The fraction of sp³-hybridized carbons (Fsp3) is 0.622. The van der Waals surface area contributed by atoms with Crippen molar-refractivity contribution in [2.24, 2.45) is 23.2 Å². The third-order valence-corrected chi connectivity index (χ3v) is 11.0. The van der Waals surface area contributed by atoms with E-state index < -0.39 is 23.5 Å². The van der Waals surface area contributed by atoms with Gasteiger partial charge in [0.2, 0.25) is 0 Å². The first-order valence-corrected chi connectivity index (χ1v) is 17.4. The SMILES string of the molecule is CCOC(=O)[C@@H](OC(C)(C)C)c1c(C)nc2cc(C(=O)NCC34CC5C[C@H](C3)C(O)[C@@H](C5)C4)nn2c1-c1cc(F)c2c(c1C)CCCO2. The Morgan fingerprint density at radius 3 is 2.60 bits per heavy atom. The van der Waals surface area contributed by atoms with Gasteiger partial charge in [-0.25, -0.2) is 18.7 Å². The predicted molar refractivity (Wildman–Crippen MR) is 176 cm³/mol. The van der Waals surface area contributed by atoms with E-state index in [-0.39, 0.29) is 35.5 Å². The van der Waals surface area contributed by atoms with Gasteiger partial charge >= 0.3 is 5.97 Å². The standard InChI is InChI=1S/C37H47FN4O6/c1-7-46-35(45)33(48-36(4,5)6)29-20(3)40-28-14-27(34(44)39-18-37-15-21-11-22(16-37)31(43)23(12-21)17-37)41-42(28)30(29)25-13-26(38)32-24(19(25)2)9-8-10-47-32/h13-14,21-23,31,33,43H,7-12,15-18H2,1-6H3,(H,39,44)/t21?,22-,23+,31?,33-,37?/m0/s1. The topological polar surface area (TPSA) is 124 Å².